The second-order valence-corrected chi connectivity index (χ2v) is 4.53. The van der Waals surface area contributed by atoms with Gasteiger partial charge in [0.05, 0.1) is 23.0 Å². The number of nitrogens with one attached hydrogen (secondary N) is 1. The van der Waals surface area contributed by atoms with Crippen LogP contribution in [0, 0.1) is 6.92 Å². The fraction of sp³-hybridized carbons (Fsp3) is 0.231. The van der Waals surface area contributed by atoms with Crippen molar-refractivity contribution >= 4 is 27.4 Å². The van der Waals surface area contributed by atoms with Crippen molar-refractivity contribution in [2.75, 3.05) is 11.9 Å². The highest BCUT2D eigenvalue weighted by atomic mass is 79.9. The topological polar surface area (TPSA) is 47.0 Å². The first-order valence-electron chi connectivity index (χ1n) is 5.67. The predicted molar refractivity (Wildman–Crippen MR) is 75.4 cm³/mol. The van der Waals surface area contributed by atoms with Gasteiger partial charge in [-0.05, 0) is 47.5 Å². The zero-order valence-corrected chi connectivity index (χ0v) is 11.9. The molecule has 0 saturated heterocycles. The fourth-order valence-electron chi connectivity index (χ4n) is 1.45. The maximum atomic E-state index is 5.29. The Bertz CT molecular complexity index is 528. The molecule has 0 fully saturated rings. The van der Waals surface area contributed by atoms with Crippen LogP contribution in [0.5, 0.6) is 5.88 Å². The van der Waals surface area contributed by atoms with Crippen LogP contribution in [0.2, 0.25) is 0 Å². The third kappa shape index (κ3) is 2.98. The molecule has 18 heavy (non-hydrogen) atoms. The quantitative estimate of drug-likeness (QED) is 0.936. The smallest absolute Gasteiger partial charge is 0.213 e. The maximum Gasteiger partial charge on any atom is 0.213 e. The molecule has 0 unspecified atom stereocenters. The molecule has 4 nitrogen and oxygen atoms in total. The van der Waals surface area contributed by atoms with Gasteiger partial charge in [0, 0.05) is 12.3 Å². The van der Waals surface area contributed by atoms with Crippen molar-refractivity contribution in [1.29, 1.82) is 0 Å². The lowest BCUT2D eigenvalue weighted by molar-refractivity contribution is 0.327. The van der Waals surface area contributed by atoms with E-state index >= 15 is 0 Å². The summed E-state index contributed by atoms with van der Waals surface area (Å²) in [6.07, 6.45) is 3.49. The van der Waals surface area contributed by atoms with Gasteiger partial charge in [-0.1, -0.05) is 0 Å². The monoisotopic (exact) mass is 307 g/mol. The molecule has 0 spiro atoms. The number of rotatable bonds is 4. The Morgan fingerprint density at radius 1 is 1.28 bits per heavy atom. The molecule has 94 valence electrons. The van der Waals surface area contributed by atoms with Crippen molar-refractivity contribution < 1.29 is 4.74 Å². The third-order valence-corrected chi connectivity index (χ3v) is 3.37. The van der Waals surface area contributed by atoms with Crippen LogP contribution in [0.3, 0.4) is 0 Å². The van der Waals surface area contributed by atoms with Gasteiger partial charge in [-0.15, -0.1) is 0 Å². The summed E-state index contributed by atoms with van der Waals surface area (Å²) >= 11 is 3.51. The van der Waals surface area contributed by atoms with Crippen molar-refractivity contribution in [2.24, 2.45) is 0 Å². The Balaban J connectivity index is 2.16. The van der Waals surface area contributed by atoms with Gasteiger partial charge in [0.15, 0.2) is 0 Å². The van der Waals surface area contributed by atoms with Crippen molar-refractivity contribution in [3.05, 3.63) is 40.6 Å². The number of aromatic nitrogens is 2. The molecule has 0 atom stereocenters. The van der Waals surface area contributed by atoms with Gasteiger partial charge in [-0.2, -0.15) is 0 Å². The van der Waals surface area contributed by atoms with Crippen LogP contribution < -0.4 is 10.1 Å². The largest absolute Gasteiger partial charge is 0.478 e. The molecule has 0 aliphatic carbocycles. The average Bonchev–Trinajstić information content (AvgIpc) is 2.38. The Hall–Kier alpha value is -1.62. The van der Waals surface area contributed by atoms with Crippen LogP contribution in [-0.2, 0) is 0 Å². The van der Waals surface area contributed by atoms with E-state index in [0.717, 1.165) is 21.5 Å². The standard InChI is InChI=1S/C13H14BrN3O/c1-3-18-11-5-4-10(8-16-11)17-13-12(14)9(2)6-7-15-13/h4-8H,3H2,1-2H3,(H,15,17). The second-order valence-electron chi connectivity index (χ2n) is 3.73. The van der Waals surface area contributed by atoms with Crippen molar-refractivity contribution in [1.82, 2.24) is 9.97 Å². The molecule has 0 radical (unpaired) electrons. The van der Waals surface area contributed by atoms with Crippen LogP contribution in [0.4, 0.5) is 11.5 Å². The lowest BCUT2D eigenvalue weighted by atomic mass is 10.3. The molecule has 0 aliphatic rings. The lowest BCUT2D eigenvalue weighted by Gasteiger charge is -2.09. The third-order valence-electron chi connectivity index (χ3n) is 2.37. The minimum Gasteiger partial charge on any atom is -0.478 e. The van der Waals surface area contributed by atoms with Gasteiger partial charge in [0.2, 0.25) is 5.88 Å². The normalized spacial score (nSPS) is 10.2. The van der Waals surface area contributed by atoms with E-state index in [9.17, 15) is 0 Å². The van der Waals surface area contributed by atoms with Gasteiger partial charge < -0.3 is 10.1 Å². The predicted octanol–water partition coefficient (Wildman–Crippen LogP) is 3.69. The lowest BCUT2D eigenvalue weighted by Crippen LogP contribution is -1.98. The summed E-state index contributed by atoms with van der Waals surface area (Å²) in [6.45, 7) is 4.57. The highest BCUT2D eigenvalue weighted by molar-refractivity contribution is 9.10. The second kappa shape index (κ2) is 5.82. The highest BCUT2D eigenvalue weighted by Crippen LogP contribution is 2.26. The SMILES string of the molecule is CCOc1ccc(Nc2nccc(C)c2Br)cn1. The van der Waals surface area contributed by atoms with Crippen molar-refractivity contribution in [2.45, 2.75) is 13.8 Å². The number of hydrogen-bond acceptors (Lipinski definition) is 4. The summed E-state index contributed by atoms with van der Waals surface area (Å²) in [6, 6.07) is 5.69. The minimum absolute atomic E-state index is 0.616. The summed E-state index contributed by atoms with van der Waals surface area (Å²) < 4.78 is 6.25. The Morgan fingerprint density at radius 3 is 2.78 bits per heavy atom. The van der Waals surface area contributed by atoms with Crippen molar-refractivity contribution in [3.8, 4) is 5.88 Å². The molecule has 2 aromatic heterocycles. The summed E-state index contributed by atoms with van der Waals surface area (Å²) in [5, 5.41) is 3.21. The number of anilines is 2. The number of ether oxygens (including phenoxy) is 1. The summed E-state index contributed by atoms with van der Waals surface area (Å²) in [7, 11) is 0. The first-order valence-corrected chi connectivity index (χ1v) is 6.47. The molecule has 1 N–H and O–H groups in total. The summed E-state index contributed by atoms with van der Waals surface area (Å²) in [5.74, 6) is 1.40. The van der Waals surface area contributed by atoms with E-state index in [1.165, 1.54) is 0 Å². The summed E-state index contributed by atoms with van der Waals surface area (Å²) in [5.41, 5.74) is 2.00. The number of hydrogen-bond donors (Lipinski definition) is 1. The van der Waals surface area contributed by atoms with E-state index in [1.807, 2.05) is 32.0 Å². The molecule has 2 aromatic rings. The summed E-state index contributed by atoms with van der Waals surface area (Å²) in [4.78, 5) is 8.47. The van der Waals surface area contributed by atoms with Crippen LogP contribution in [0.1, 0.15) is 12.5 Å². The van der Waals surface area contributed by atoms with Gasteiger partial charge in [-0.3, -0.25) is 0 Å². The fourth-order valence-corrected chi connectivity index (χ4v) is 1.79. The highest BCUT2D eigenvalue weighted by Gasteiger charge is 2.04. The Kier molecular flexibility index (Phi) is 4.15. The molecule has 0 amide bonds. The Labute approximate surface area is 115 Å². The van der Waals surface area contributed by atoms with Crippen LogP contribution in [0.15, 0.2) is 35.1 Å². The zero-order valence-electron chi connectivity index (χ0n) is 10.3. The van der Waals surface area contributed by atoms with Crippen LogP contribution >= 0.6 is 15.9 Å². The van der Waals surface area contributed by atoms with Crippen molar-refractivity contribution in [3.63, 3.8) is 0 Å². The van der Waals surface area contributed by atoms with E-state index in [-0.39, 0.29) is 0 Å². The van der Waals surface area contributed by atoms with Crippen LogP contribution in [-0.4, -0.2) is 16.6 Å². The minimum atomic E-state index is 0.616. The number of nitrogens with zero attached hydrogens (tertiary/aromatic N) is 2. The van der Waals surface area contributed by atoms with E-state index in [2.05, 4.69) is 31.2 Å². The number of aryl methyl sites for hydroxylation is 1. The molecule has 0 saturated carbocycles. The first kappa shape index (κ1) is 12.8. The van der Waals surface area contributed by atoms with Crippen LogP contribution in [0.25, 0.3) is 0 Å². The maximum absolute atomic E-state index is 5.29. The molecule has 0 aromatic carbocycles. The molecule has 2 heterocycles. The van der Waals surface area contributed by atoms with Gasteiger partial charge >= 0.3 is 0 Å². The molecule has 0 aliphatic heterocycles. The molecule has 0 bridgehead atoms. The number of halogens is 1. The first-order chi connectivity index (χ1) is 8.70. The van der Waals surface area contributed by atoms with E-state index in [0.29, 0.717) is 12.5 Å². The Morgan fingerprint density at radius 2 is 2.11 bits per heavy atom. The van der Waals surface area contributed by atoms with E-state index < -0.39 is 0 Å². The van der Waals surface area contributed by atoms with Gasteiger partial charge in [0.25, 0.3) is 0 Å². The molecular weight excluding hydrogens is 294 g/mol. The number of pyridine rings is 2. The molecular formula is C13H14BrN3O. The molecule has 2 rings (SSSR count). The average molecular weight is 308 g/mol. The van der Waals surface area contributed by atoms with E-state index in [4.69, 9.17) is 4.74 Å². The van der Waals surface area contributed by atoms with Gasteiger partial charge in [-0.25, -0.2) is 9.97 Å². The van der Waals surface area contributed by atoms with E-state index in [1.54, 1.807) is 12.4 Å². The zero-order chi connectivity index (χ0) is 13.0. The molecule has 5 heteroatoms. The van der Waals surface area contributed by atoms with Gasteiger partial charge in [0.1, 0.15) is 5.82 Å².